The Bertz CT molecular complexity index is 583. The molecule has 6 nitrogen and oxygen atoms in total. The molecule has 0 saturated carbocycles. The van der Waals surface area contributed by atoms with E-state index < -0.39 is 5.60 Å². The van der Waals surface area contributed by atoms with Gasteiger partial charge in [0.2, 0.25) is 0 Å². The molecule has 2 atom stereocenters. The Morgan fingerprint density at radius 3 is 2.42 bits per heavy atom. The van der Waals surface area contributed by atoms with Crippen LogP contribution in [0.25, 0.3) is 0 Å². The molecule has 0 radical (unpaired) electrons. The smallest absolute Gasteiger partial charge is 0.410 e. The second kappa shape index (κ2) is 7.30. The summed E-state index contributed by atoms with van der Waals surface area (Å²) in [5, 5.41) is 0. The number of rotatable bonds is 4. The average Bonchev–Trinajstić information content (AvgIpc) is 2.97. The van der Waals surface area contributed by atoms with E-state index in [4.69, 9.17) is 19.9 Å². The first-order valence-electron chi connectivity index (χ1n) is 8.19. The third-order valence-electron chi connectivity index (χ3n) is 4.23. The molecular weight excluding hydrogens is 308 g/mol. The third-order valence-corrected chi connectivity index (χ3v) is 4.23. The first-order chi connectivity index (χ1) is 11.3. The lowest BCUT2D eigenvalue weighted by molar-refractivity contribution is 0.0287. The van der Waals surface area contributed by atoms with Gasteiger partial charge in [-0.1, -0.05) is 6.07 Å². The van der Waals surface area contributed by atoms with Gasteiger partial charge in [0, 0.05) is 19.0 Å². The van der Waals surface area contributed by atoms with Crippen molar-refractivity contribution in [2.24, 2.45) is 11.7 Å². The van der Waals surface area contributed by atoms with Crippen molar-refractivity contribution in [2.45, 2.75) is 32.3 Å². The van der Waals surface area contributed by atoms with Gasteiger partial charge in [0.15, 0.2) is 11.5 Å². The van der Waals surface area contributed by atoms with E-state index in [0.29, 0.717) is 31.1 Å². The van der Waals surface area contributed by atoms with E-state index in [1.165, 1.54) is 0 Å². The number of carbonyl (C=O) groups is 1. The lowest BCUT2D eigenvalue weighted by atomic mass is 9.89. The molecule has 1 heterocycles. The summed E-state index contributed by atoms with van der Waals surface area (Å²) in [5.41, 5.74) is 6.53. The molecule has 1 amide bonds. The highest BCUT2D eigenvalue weighted by Crippen LogP contribution is 2.37. The maximum atomic E-state index is 12.3. The maximum absolute atomic E-state index is 12.3. The Morgan fingerprint density at radius 1 is 1.21 bits per heavy atom. The lowest BCUT2D eigenvalue weighted by Gasteiger charge is -2.24. The van der Waals surface area contributed by atoms with Crippen LogP contribution < -0.4 is 15.2 Å². The Kier molecular flexibility index (Phi) is 5.59. The fourth-order valence-corrected chi connectivity index (χ4v) is 3.05. The topological polar surface area (TPSA) is 74.0 Å². The Morgan fingerprint density at radius 2 is 1.88 bits per heavy atom. The number of hydrogen-bond acceptors (Lipinski definition) is 5. The van der Waals surface area contributed by atoms with Gasteiger partial charge in [-0.25, -0.2) is 4.79 Å². The van der Waals surface area contributed by atoms with Crippen LogP contribution in [-0.4, -0.2) is 50.4 Å². The third kappa shape index (κ3) is 4.12. The van der Waals surface area contributed by atoms with E-state index in [0.717, 1.165) is 5.56 Å². The van der Waals surface area contributed by atoms with E-state index in [1.807, 2.05) is 39.0 Å². The second-order valence-electron chi connectivity index (χ2n) is 7.10. The summed E-state index contributed by atoms with van der Waals surface area (Å²) in [5.74, 6) is 1.71. The quantitative estimate of drug-likeness (QED) is 0.915. The van der Waals surface area contributed by atoms with Crippen LogP contribution in [0.1, 0.15) is 32.3 Å². The van der Waals surface area contributed by atoms with Crippen molar-refractivity contribution in [3.63, 3.8) is 0 Å². The van der Waals surface area contributed by atoms with Crippen molar-refractivity contribution in [3.05, 3.63) is 23.8 Å². The van der Waals surface area contributed by atoms with Crippen molar-refractivity contribution in [1.82, 2.24) is 4.90 Å². The first kappa shape index (κ1) is 18.4. The normalized spacial score (nSPS) is 20.8. The zero-order chi connectivity index (χ0) is 17.9. The Hall–Kier alpha value is -1.95. The minimum atomic E-state index is -0.503. The molecule has 24 heavy (non-hydrogen) atoms. The SMILES string of the molecule is COc1ccc([C@@H]2CN(C(=O)OC(C)(C)C)C[C@H]2CN)cc1OC. The van der Waals surface area contributed by atoms with Crippen LogP contribution in [0.15, 0.2) is 18.2 Å². The molecule has 0 aliphatic carbocycles. The van der Waals surface area contributed by atoms with Gasteiger partial charge in [-0.15, -0.1) is 0 Å². The highest BCUT2D eigenvalue weighted by molar-refractivity contribution is 5.69. The molecule has 1 aliphatic heterocycles. The van der Waals surface area contributed by atoms with Gasteiger partial charge in [-0.05, 0) is 50.9 Å². The van der Waals surface area contributed by atoms with Gasteiger partial charge >= 0.3 is 6.09 Å². The number of nitrogens with zero attached hydrogens (tertiary/aromatic N) is 1. The summed E-state index contributed by atoms with van der Waals surface area (Å²) in [6, 6.07) is 5.86. The summed E-state index contributed by atoms with van der Waals surface area (Å²) >= 11 is 0. The minimum absolute atomic E-state index is 0.155. The van der Waals surface area contributed by atoms with E-state index in [1.54, 1.807) is 19.1 Å². The minimum Gasteiger partial charge on any atom is -0.493 e. The van der Waals surface area contributed by atoms with Gasteiger partial charge in [-0.3, -0.25) is 0 Å². The summed E-state index contributed by atoms with van der Waals surface area (Å²) in [6.45, 7) is 7.31. The van der Waals surface area contributed by atoms with E-state index in [-0.39, 0.29) is 17.9 Å². The monoisotopic (exact) mass is 336 g/mol. The summed E-state index contributed by atoms with van der Waals surface area (Å²) in [7, 11) is 3.23. The maximum Gasteiger partial charge on any atom is 0.410 e. The molecule has 2 N–H and O–H groups in total. The first-order valence-corrected chi connectivity index (χ1v) is 8.19. The summed E-state index contributed by atoms with van der Waals surface area (Å²) in [4.78, 5) is 14.1. The van der Waals surface area contributed by atoms with Gasteiger partial charge < -0.3 is 24.8 Å². The molecule has 6 heteroatoms. The zero-order valence-corrected chi connectivity index (χ0v) is 15.2. The van der Waals surface area contributed by atoms with Gasteiger partial charge in [0.1, 0.15) is 5.60 Å². The van der Waals surface area contributed by atoms with Crippen molar-refractivity contribution >= 4 is 6.09 Å². The van der Waals surface area contributed by atoms with Crippen LogP contribution in [0, 0.1) is 5.92 Å². The number of carbonyl (C=O) groups excluding carboxylic acids is 1. The standard InChI is InChI=1S/C18H28N2O4/c1-18(2,3)24-17(21)20-10-13(9-19)14(11-20)12-6-7-15(22-4)16(8-12)23-5/h6-8,13-14H,9-11,19H2,1-5H3/t13-,14+/m1/s1. The summed E-state index contributed by atoms with van der Waals surface area (Å²) < 4.78 is 16.2. The van der Waals surface area contributed by atoms with E-state index >= 15 is 0 Å². The van der Waals surface area contributed by atoms with Gasteiger partial charge in [0.05, 0.1) is 14.2 Å². The number of hydrogen-bond donors (Lipinski definition) is 1. The highest BCUT2D eigenvalue weighted by atomic mass is 16.6. The Labute approximate surface area is 143 Å². The molecule has 1 aromatic carbocycles. The zero-order valence-electron chi connectivity index (χ0n) is 15.2. The number of amides is 1. The second-order valence-corrected chi connectivity index (χ2v) is 7.10. The van der Waals surface area contributed by atoms with Crippen molar-refractivity contribution in [1.29, 1.82) is 0 Å². The molecule has 0 spiro atoms. The largest absolute Gasteiger partial charge is 0.493 e. The van der Waals surface area contributed by atoms with Crippen molar-refractivity contribution in [3.8, 4) is 11.5 Å². The molecule has 1 saturated heterocycles. The van der Waals surface area contributed by atoms with Gasteiger partial charge in [0.25, 0.3) is 0 Å². The van der Waals surface area contributed by atoms with E-state index in [9.17, 15) is 4.79 Å². The number of ether oxygens (including phenoxy) is 3. The molecule has 0 bridgehead atoms. The van der Waals surface area contributed by atoms with Crippen molar-refractivity contribution in [2.75, 3.05) is 33.9 Å². The Balaban J connectivity index is 2.19. The summed E-state index contributed by atoms with van der Waals surface area (Å²) in [6.07, 6.45) is -0.288. The van der Waals surface area contributed by atoms with Crippen LogP contribution in [0.4, 0.5) is 4.79 Å². The fraction of sp³-hybridized carbons (Fsp3) is 0.611. The molecule has 1 fully saturated rings. The molecule has 134 valence electrons. The van der Waals surface area contributed by atoms with Crippen LogP contribution in [0.3, 0.4) is 0 Å². The number of benzene rings is 1. The molecule has 1 aliphatic rings. The number of nitrogens with two attached hydrogens (primary N) is 1. The molecule has 2 rings (SSSR count). The van der Waals surface area contributed by atoms with Crippen LogP contribution in [0.2, 0.25) is 0 Å². The molecule has 0 unspecified atom stereocenters. The molecular formula is C18H28N2O4. The van der Waals surface area contributed by atoms with Crippen LogP contribution >= 0.6 is 0 Å². The van der Waals surface area contributed by atoms with Crippen LogP contribution in [-0.2, 0) is 4.74 Å². The van der Waals surface area contributed by atoms with E-state index in [2.05, 4.69) is 0 Å². The molecule has 0 aromatic heterocycles. The predicted octanol–water partition coefficient (Wildman–Crippen LogP) is 2.61. The molecule has 1 aromatic rings. The highest BCUT2D eigenvalue weighted by Gasteiger charge is 2.37. The van der Waals surface area contributed by atoms with Gasteiger partial charge in [-0.2, -0.15) is 0 Å². The predicted molar refractivity (Wildman–Crippen MR) is 92.6 cm³/mol. The number of methoxy groups -OCH3 is 2. The fourth-order valence-electron chi connectivity index (χ4n) is 3.05. The number of likely N-dealkylation sites (tertiary alicyclic amines) is 1. The lowest BCUT2D eigenvalue weighted by Crippen LogP contribution is -2.35. The van der Waals surface area contributed by atoms with Crippen LogP contribution in [0.5, 0.6) is 11.5 Å². The average molecular weight is 336 g/mol. The van der Waals surface area contributed by atoms with Crippen molar-refractivity contribution < 1.29 is 19.0 Å².